The highest BCUT2D eigenvalue weighted by molar-refractivity contribution is 5.88. The first-order valence-corrected chi connectivity index (χ1v) is 10.7. The Balaban J connectivity index is 1.46. The SMILES string of the molecule is CCC(NC(=O)OCc1ccccc1)C(=O)Oc1ccc2c3c(c(=O)oc2c1C)CCC3. The number of aryl methyl sites for hydroxylation is 2. The molecule has 0 spiro atoms. The Bertz CT molecular complexity index is 1210. The van der Waals surface area contributed by atoms with Crippen molar-refractivity contribution in [2.75, 3.05) is 0 Å². The quantitative estimate of drug-likeness (QED) is 0.354. The molecule has 0 saturated carbocycles. The van der Waals surface area contributed by atoms with Gasteiger partial charge in [0.1, 0.15) is 24.0 Å². The number of nitrogens with one attached hydrogen (secondary N) is 1. The second-order valence-corrected chi connectivity index (χ2v) is 7.85. The third kappa shape index (κ3) is 4.37. The Hall–Kier alpha value is -3.61. The van der Waals surface area contributed by atoms with Crippen LogP contribution in [0.5, 0.6) is 5.75 Å². The van der Waals surface area contributed by atoms with E-state index in [1.54, 1.807) is 19.9 Å². The van der Waals surface area contributed by atoms with Crippen molar-refractivity contribution in [3.05, 3.63) is 75.1 Å². The number of carbonyl (C=O) groups excluding carboxylic acids is 2. The number of carbonyl (C=O) groups is 2. The number of hydrogen-bond acceptors (Lipinski definition) is 6. The maximum atomic E-state index is 12.7. The molecule has 2 aromatic carbocycles. The zero-order chi connectivity index (χ0) is 22.7. The van der Waals surface area contributed by atoms with Crippen LogP contribution in [0.15, 0.2) is 51.7 Å². The molecule has 32 heavy (non-hydrogen) atoms. The first kappa shape index (κ1) is 21.6. The molecule has 0 bridgehead atoms. The van der Waals surface area contributed by atoms with Crippen LogP contribution in [0.25, 0.3) is 11.0 Å². The smallest absolute Gasteiger partial charge is 0.408 e. The highest BCUT2D eigenvalue weighted by atomic mass is 16.6. The maximum Gasteiger partial charge on any atom is 0.408 e. The molecule has 7 nitrogen and oxygen atoms in total. The van der Waals surface area contributed by atoms with Gasteiger partial charge in [-0.2, -0.15) is 0 Å². The van der Waals surface area contributed by atoms with Crippen molar-refractivity contribution >= 4 is 23.0 Å². The number of rotatable bonds is 6. The van der Waals surface area contributed by atoms with Gasteiger partial charge in [0.2, 0.25) is 0 Å². The molecule has 1 aliphatic carbocycles. The van der Waals surface area contributed by atoms with Crippen LogP contribution in [-0.2, 0) is 29.0 Å². The lowest BCUT2D eigenvalue weighted by molar-refractivity contribution is -0.136. The van der Waals surface area contributed by atoms with Gasteiger partial charge in [0, 0.05) is 16.5 Å². The van der Waals surface area contributed by atoms with Crippen LogP contribution in [0, 0.1) is 6.92 Å². The minimum Gasteiger partial charge on any atom is -0.445 e. The second-order valence-electron chi connectivity index (χ2n) is 7.85. The second kappa shape index (κ2) is 9.26. The van der Waals surface area contributed by atoms with Crippen LogP contribution in [0.1, 0.15) is 42.0 Å². The van der Waals surface area contributed by atoms with Crippen LogP contribution in [0.3, 0.4) is 0 Å². The third-order valence-electron chi connectivity index (χ3n) is 5.75. The number of alkyl carbamates (subject to hydrolysis) is 1. The molecule has 4 rings (SSSR count). The monoisotopic (exact) mass is 435 g/mol. The van der Waals surface area contributed by atoms with Crippen molar-refractivity contribution in [1.82, 2.24) is 5.32 Å². The van der Waals surface area contributed by atoms with Gasteiger partial charge in [-0.3, -0.25) is 0 Å². The van der Waals surface area contributed by atoms with Crippen LogP contribution in [-0.4, -0.2) is 18.1 Å². The highest BCUT2D eigenvalue weighted by Gasteiger charge is 2.25. The summed E-state index contributed by atoms with van der Waals surface area (Å²) in [5, 5.41) is 3.43. The maximum absolute atomic E-state index is 12.7. The molecule has 0 saturated heterocycles. The van der Waals surface area contributed by atoms with E-state index in [1.165, 1.54) is 0 Å². The molecule has 1 aliphatic rings. The molecule has 1 aromatic heterocycles. The lowest BCUT2D eigenvalue weighted by atomic mass is 10.0. The lowest BCUT2D eigenvalue weighted by Crippen LogP contribution is -2.42. The molecule has 0 aliphatic heterocycles. The molecule has 0 radical (unpaired) electrons. The minimum absolute atomic E-state index is 0.102. The average Bonchev–Trinajstić information content (AvgIpc) is 3.30. The van der Waals surface area contributed by atoms with E-state index in [-0.39, 0.29) is 12.2 Å². The lowest BCUT2D eigenvalue weighted by Gasteiger charge is -2.17. The molecule has 1 heterocycles. The van der Waals surface area contributed by atoms with Gasteiger partial charge in [-0.25, -0.2) is 14.4 Å². The fourth-order valence-corrected chi connectivity index (χ4v) is 3.99. The fraction of sp³-hybridized carbons (Fsp3) is 0.320. The van der Waals surface area contributed by atoms with E-state index in [2.05, 4.69) is 5.32 Å². The van der Waals surface area contributed by atoms with Gasteiger partial charge in [0.05, 0.1) is 0 Å². The van der Waals surface area contributed by atoms with Gasteiger partial charge >= 0.3 is 17.7 Å². The highest BCUT2D eigenvalue weighted by Crippen LogP contribution is 2.33. The molecule has 1 unspecified atom stereocenters. The van der Waals surface area contributed by atoms with Crippen molar-refractivity contribution in [1.29, 1.82) is 0 Å². The molecular formula is C25H25NO6. The standard InChI is InChI=1S/C25H25NO6/c1-3-20(26-25(29)30-14-16-8-5-4-6-9-16)24(28)31-21-13-12-18-17-10-7-11-19(17)23(27)32-22(18)15(21)2/h4-6,8-9,12-13,20H,3,7,10-11,14H2,1-2H3,(H,26,29). The third-order valence-corrected chi connectivity index (χ3v) is 5.75. The van der Waals surface area contributed by atoms with Crippen LogP contribution in [0.4, 0.5) is 4.79 Å². The van der Waals surface area contributed by atoms with E-state index >= 15 is 0 Å². The Labute approximate surface area is 185 Å². The molecule has 7 heteroatoms. The number of amides is 1. The van der Waals surface area contributed by atoms with Crippen molar-refractivity contribution < 1.29 is 23.5 Å². The van der Waals surface area contributed by atoms with E-state index in [1.807, 2.05) is 36.4 Å². The molecular weight excluding hydrogens is 410 g/mol. The van der Waals surface area contributed by atoms with Crippen LogP contribution >= 0.6 is 0 Å². The molecule has 1 N–H and O–H groups in total. The summed E-state index contributed by atoms with van der Waals surface area (Å²) >= 11 is 0. The van der Waals surface area contributed by atoms with Crippen LogP contribution in [0.2, 0.25) is 0 Å². The van der Waals surface area contributed by atoms with Gasteiger partial charge in [0.15, 0.2) is 0 Å². The summed E-state index contributed by atoms with van der Waals surface area (Å²) in [5.41, 5.74) is 3.29. The molecule has 3 aromatic rings. The number of ether oxygens (including phenoxy) is 2. The van der Waals surface area contributed by atoms with Crippen LogP contribution < -0.4 is 15.7 Å². The first-order chi connectivity index (χ1) is 15.5. The summed E-state index contributed by atoms with van der Waals surface area (Å²) in [6, 6.07) is 11.9. The average molecular weight is 435 g/mol. The summed E-state index contributed by atoms with van der Waals surface area (Å²) in [6.45, 7) is 3.61. The summed E-state index contributed by atoms with van der Waals surface area (Å²) in [7, 11) is 0. The predicted octanol–water partition coefficient (Wildman–Crippen LogP) is 4.20. The predicted molar refractivity (Wildman–Crippen MR) is 119 cm³/mol. The zero-order valence-electron chi connectivity index (χ0n) is 18.1. The summed E-state index contributed by atoms with van der Waals surface area (Å²) in [4.78, 5) is 37.2. The number of hydrogen-bond donors (Lipinski definition) is 1. The van der Waals surface area contributed by atoms with E-state index in [0.29, 0.717) is 23.3 Å². The Morgan fingerprint density at radius 3 is 2.59 bits per heavy atom. The molecule has 0 fully saturated rings. The number of esters is 1. The normalized spacial score (nSPS) is 13.4. The summed E-state index contributed by atoms with van der Waals surface area (Å²) in [5.74, 6) is -0.323. The Kier molecular flexibility index (Phi) is 6.25. The molecule has 1 atom stereocenters. The largest absolute Gasteiger partial charge is 0.445 e. The van der Waals surface area contributed by atoms with E-state index < -0.39 is 18.1 Å². The number of benzene rings is 2. The zero-order valence-corrected chi connectivity index (χ0v) is 18.1. The van der Waals surface area contributed by atoms with Crippen molar-refractivity contribution in [2.45, 2.75) is 52.2 Å². The van der Waals surface area contributed by atoms with Crippen molar-refractivity contribution in [3.8, 4) is 5.75 Å². The topological polar surface area (TPSA) is 94.8 Å². The van der Waals surface area contributed by atoms with E-state index in [0.717, 1.165) is 41.3 Å². The number of fused-ring (bicyclic) bond motifs is 3. The first-order valence-electron chi connectivity index (χ1n) is 10.7. The summed E-state index contributed by atoms with van der Waals surface area (Å²) in [6.07, 6.45) is 2.12. The summed E-state index contributed by atoms with van der Waals surface area (Å²) < 4.78 is 16.3. The van der Waals surface area contributed by atoms with Gasteiger partial charge in [-0.05, 0) is 55.9 Å². The molecule has 1 amide bonds. The van der Waals surface area contributed by atoms with Gasteiger partial charge in [-0.1, -0.05) is 37.3 Å². The van der Waals surface area contributed by atoms with Gasteiger partial charge in [-0.15, -0.1) is 0 Å². The van der Waals surface area contributed by atoms with E-state index in [9.17, 15) is 14.4 Å². The Morgan fingerprint density at radius 2 is 1.84 bits per heavy atom. The van der Waals surface area contributed by atoms with Gasteiger partial charge in [0.25, 0.3) is 0 Å². The molecule has 166 valence electrons. The van der Waals surface area contributed by atoms with Gasteiger partial charge < -0.3 is 19.2 Å². The fourth-order valence-electron chi connectivity index (χ4n) is 3.99. The minimum atomic E-state index is -0.875. The van der Waals surface area contributed by atoms with E-state index in [4.69, 9.17) is 13.9 Å². The van der Waals surface area contributed by atoms with Crippen molar-refractivity contribution in [3.63, 3.8) is 0 Å². The van der Waals surface area contributed by atoms with Crippen molar-refractivity contribution in [2.24, 2.45) is 0 Å². The Morgan fingerprint density at radius 1 is 1.09 bits per heavy atom.